The van der Waals surface area contributed by atoms with E-state index in [9.17, 15) is 4.79 Å². The smallest absolute Gasteiger partial charge is 0.251 e. The molecule has 4 nitrogen and oxygen atoms in total. The molecule has 2 aliphatic heterocycles. The second-order valence-corrected chi connectivity index (χ2v) is 8.37. The summed E-state index contributed by atoms with van der Waals surface area (Å²) in [6, 6.07) is 19.3. The van der Waals surface area contributed by atoms with Crippen LogP contribution >= 0.6 is 27.3 Å². The van der Waals surface area contributed by atoms with Gasteiger partial charge in [-0.3, -0.25) is 4.79 Å². The summed E-state index contributed by atoms with van der Waals surface area (Å²) in [7, 11) is 0. The van der Waals surface area contributed by atoms with Crippen LogP contribution < -0.4 is 4.74 Å². The molecule has 134 valence electrons. The first kappa shape index (κ1) is 16.7. The minimum absolute atomic E-state index is 0.0130. The van der Waals surface area contributed by atoms with Gasteiger partial charge >= 0.3 is 0 Å². The van der Waals surface area contributed by atoms with Gasteiger partial charge in [0.2, 0.25) is 5.78 Å². The number of carbonyl (C=O) groups is 1. The highest BCUT2D eigenvalue weighted by atomic mass is 79.9. The number of hydrazone groups is 1. The first-order chi connectivity index (χ1) is 13.2. The molecule has 0 fully saturated rings. The molecule has 0 amide bonds. The van der Waals surface area contributed by atoms with Crippen LogP contribution in [0.3, 0.4) is 0 Å². The van der Waals surface area contributed by atoms with Crippen LogP contribution in [0.5, 0.6) is 5.75 Å². The average Bonchev–Trinajstić information content (AvgIpc) is 3.37. The number of fused-ring (bicyclic) bond motifs is 3. The molecule has 3 aromatic rings. The van der Waals surface area contributed by atoms with Gasteiger partial charge in [0.1, 0.15) is 5.75 Å². The number of Topliss-reactive ketones (excluding diaryl/α,β-unsaturated/α-hetero) is 1. The molecule has 2 aliphatic rings. The third kappa shape index (κ3) is 2.89. The fraction of sp³-hybridized carbons (Fsp3) is 0.143. The van der Waals surface area contributed by atoms with E-state index in [-0.39, 0.29) is 11.8 Å². The monoisotopic (exact) mass is 438 g/mol. The molecule has 6 heteroatoms. The van der Waals surface area contributed by atoms with Crippen molar-refractivity contribution >= 4 is 38.8 Å². The summed E-state index contributed by atoms with van der Waals surface area (Å²) in [6.45, 7) is 0. The van der Waals surface area contributed by atoms with Crippen molar-refractivity contribution < 1.29 is 9.53 Å². The lowest BCUT2D eigenvalue weighted by atomic mass is 9.97. The second kappa shape index (κ2) is 6.62. The Morgan fingerprint density at radius 1 is 1.15 bits per heavy atom. The number of halogens is 1. The highest BCUT2D eigenvalue weighted by Crippen LogP contribution is 2.44. The van der Waals surface area contributed by atoms with Gasteiger partial charge in [0.15, 0.2) is 0 Å². The lowest BCUT2D eigenvalue weighted by Gasteiger charge is -2.37. The highest BCUT2D eigenvalue weighted by Gasteiger charge is 2.43. The first-order valence-electron chi connectivity index (χ1n) is 8.66. The number of carbonyl (C=O) groups excluding carboxylic acids is 1. The third-order valence-electron chi connectivity index (χ3n) is 4.84. The quantitative estimate of drug-likeness (QED) is 0.523. The zero-order valence-electron chi connectivity index (χ0n) is 14.2. The van der Waals surface area contributed by atoms with Gasteiger partial charge in [0.25, 0.3) is 6.23 Å². The summed E-state index contributed by atoms with van der Waals surface area (Å²) in [4.78, 5) is 14.3. The Morgan fingerprint density at radius 3 is 2.78 bits per heavy atom. The maximum absolute atomic E-state index is 13.2. The van der Waals surface area contributed by atoms with Crippen molar-refractivity contribution in [3.63, 3.8) is 0 Å². The van der Waals surface area contributed by atoms with Gasteiger partial charge in [-0.2, -0.15) is 5.10 Å². The van der Waals surface area contributed by atoms with Gasteiger partial charge in [-0.15, -0.1) is 11.3 Å². The Labute approximate surface area is 169 Å². The maximum atomic E-state index is 13.2. The van der Waals surface area contributed by atoms with E-state index in [0.717, 1.165) is 32.8 Å². The fourth-order valence-corrected chi connectivity index (χ4v) is 4.67. The van der Waals surface area contributed by atoms with Crippen molar-refractivity contribution in [1.29, 1.82) is 0 Å². The standard InChI is InChI=1S/C21H15BrN2O2S/c22-14-8-9-18-15(11-14)17-12-16(19-7-4-10-27-19)23-24(17)21(26-18)20(25)13-5-2-1-3-6-13/h1-11,17,21H,12H2/t17-,21-/m1/s1. The number of ketones is 1. The topological polar surface area (TPSA) is 41.9 Å². The van der Waals surface area contributed by atoms with E-state index >= 15 is 0 Å². The van der Waals surface area contributed by atoms with Crippen LogP contribution in [-0.4, -0.2) is 22.7 Å². The van der Waals surface area contributed by atoms with Crippen LogP contribution in [-0.2, 0) is 0 Å². The van der Waals surface area contributed by atoms with Gasteiger partial charge in [-0.1, -0.05) is 52.3 Å². The van der Waals surface area contributed by atoms with Crippen LogP contribution in [0, 0.1) is 0 Å². The molecule has 0 aliphatic carbocycles. The second-order valence-electron chi connectivity index (χ2n) is 6.51. The summed E-state index contributed by atoms with van der Waals surface area (Å²) in [5, 5.41) is 8.69. The third-order valence-corrected chi connectivity index (χ3v) is 6.25. The van der Waals surface area contributed by atoms with E-state index in [4.69, 9.17) is 9.84 Å². The summed E-state index contributed by atoms with van der Waals surface area (Å²) >= 11 is 5.21. The molecular formula is C21H15BrN2O2S. The minimum Gasteiger partial charge on any atom is -0.461 e. The molecule has 0 radical (unpaired) electrons. The Hall–Kier alpha value is -2.44. The predicted octanol–water partition coefficient (Wildman–Crippen LogP) is 5.26. The van der Waals surface area contributed by atoms with Crippen molar-refractivity contribution in [3.05, 3.63) is 86.5 Å². The van der Waals surface area contributed by atoms with Crippen molar-refractivity contribution in [1.82, 2.24) is 5.01 Å². The zero-order chi connectivity index (χ0) is 18.4. The number of hydrogen-bond donors (Lipinski definition) is 0. The molecule has 0 bridgehead atoms. The molecule has 0 N–H and O–H groups in total. The van der Waals surface area contributed by atoms with Crippen molar-refractivity contribution in [2.45, 2.75) is 18.7 Å². The molecule has 1 aromatic heterocycles. The zero-order valence-corrected chi connectivity index (χ0v) is 16.6. The molecule has 0 spiro atoms. The molecule has 0 saturated heterocycles. The van der Waals surface area contributed by atoms with E-state index in [1.165, 1.54) is 0 Å². The van der Waals surface area contributed by atoms with Crippen molar-refractivity contribution in [3.8, 4) is 5.75 Å². The Balaban J connectivity index is 1.59. The summed E-state index contributed by atoms with van der Waals surface area (Å²) in [5.41, 5.74) is 2.68. The molecule has 3 heterocycles. The number of thiophene rings is 1. The van der Waals surface area contributed by atoms with E-state index in [1.54, 1.807) is 11.3 Å². The number of rotatable bonds is 3. The van der Waals surface area contributed by atoms with E-state index in [1.807, 2.05) is 58.9 Å². The molecule has 0 saturated carbocycles. The number of hydrogen-bond acceptors (Lipinski definition) is 5. The van der Waals surface area contributed by atoms with Crippen LogP contribution in [0.1, 0.15) is 33.3 Å². The lowest BCUT2D eigenvalue weighted by molar-refractivity contribution is -0.00458. The van der Waals surface area contributed by atoms with Gasteiger partial charge in [0.05, 0.1) is 16.6 Å². The van der Waals surface area contributed by atoms with Gasteiger partial charge in [-0.05, 0) is 29.6 Å². The Bertz CT molecular complexity index is 1030. The van der Waals surface area contributed by atoms with Gasteiger partial charge in [0, 0.05) is 22.0 Å². The molecule has 2 atom stereocenters. The van der Waals surface area contributed by atoms with Crippen LogP contribution in [0.2, 0.25) is 0 Å². The minimum atomic E-state index is -0.761. The fourth-order valence-electron chi connectivity index (χ4n) is 3.57. The number of ether oxygens (including phenoxy) is 1. The molecule has 2 aromatic carbocycles. The number of benzene rings is 2. The van der Waals surface area contributed by atoms with Crippen LogP contribution in [0.4, 0.5) is 0 Å². The SMILES string of the molecule is O=C(c1ccccc1)[C@H]1Oc2ccc(Br)cc2[C@H]2CC(c3cccs3)=NN12. The average molecular weight is 439 g/mol. The van der Waals surface area contributed by atoms with Crippen LogP contribution in [0.15, 0.2) is 75.6 Å². The van der Waals surface area contributed by atoms with Crippen molar-refractivity contribution in [2.75, 3.05) is 0 Å². The first-order valence-corrected chi connectivity index (χ1v) is 10.3. The number of nitrogens with zero attached hydrogens (tertiary/aromatic N) is 2. The molecular weight excluding hydrogens is 424 g/mol. The van der Waals surface area contributed by atoms with Gasteiger partial charge in [-0.25, -0.2) is 5.01 Å². The molecule has 0 unspecified atom stereocenters. The Morgan fingerprint density at radius 2 is 2.00 bits per heavy atom. The van der Waals surface area contributed by atoms with Crippen LogP contribution in [0.25, 0.3) is 0 Å². The summed E-state index contributed by atoms with van der Waals surface area (Å²) in [5.74, 6) is 0.668. The highest BCUT2D eigenvalue weighted by molar-refractivity contribution is 9.10. The van der Waals surface area contributed by atoms with E-state index < -0.39 is 6.23 Å². The maximum Gasteiger partial charge on any atom is 0.251 e. The molecule has 5 rings (SSSR count). The Kier molecular flexibility index (Phi) is 4.10. The van der Waals surface area contributed by atoms with Crippen molar-refractivity contribution in [2.24, 2.45) is 5.10 Å². The predicted molar refractivity (Wildman–Crippen MR) is 109 cm³/mol. The lowest BCUT2D eigenvalue weighted by Crippen LogP contribution is -2.45. The molecule has 27 heavy (non-hydrogen) atoms. The summed E-state index contributed by atoms with van der Waals surface area (Å²) < 4.78 is 7.12. The normalized spacial score (nSPS) is 20.5. The van der Waals surface area contributed by atoms with E-state index in [0.29, 0.717) is 5.56 Å². The van der Waals surface area contributed by atoms with Gasteiger partial charge < -0.3 is 4.74 Å². The van der Waals surface area contributed by atoms with E-state index in [2.05, 4.69) is 28.1 Å². The summed E-state index contributed by atoms with van der Waals surface area (Å²) in [6.07, 6.45) is -0.00476. The largest absolute Gasteiger partial charge is 0.461 e.